The summed E-state index contributed by atoms with van der Waals surface area (Å²) in [6.07, 6.45) is -0.448. The van der Waals surface area contributed by atoms with E-state index in [1.807, 2.05) is 20.8 Å². The summed E-state index contributed by atoms with van der Waals surface area (Å²) < 4.78 is 10.7. The van der Waals surface area contributed by atoms with Crippen molar-refractivity contribution in [2.24, 2.45) is 0 Å². The number of hydrogen-bond acceptors (Lipinski definition) is 7. The number of anilines is 1. The van der Waals surface area contributed by atoms with Gasteiger partial charge in [-0.2, -0.15) is 0 Å². The minimum absolute atomic E-state index is 0.374. The van der Waals surface area contributed by atoms with E-state index in [2.05, 4.69) is 15.6 Å². The molecule has 0 bridgehead atoms. The number of esters is 1. The average Bonchev–Trinajstić information content (AvgIpc) is 2.90. The van der Waals surface area contributed by atoms with Gasteiger partial charge in [-0.25, -0.2) is 14.6 Å². The molecule has 1 heterocycles. The second-order valence-electron chi connectivity index (χ2n) is 6.05. The van der Waals surface area contributed by atoms with Crippen LogP contribution in [0, 0.1) is 0 Å². The zero-order valence-electron chi connectivity index (χ0n) is 14.1. The standard InChI is InChI=1S/C16H21N3O4S/c1-16(2,3)23-15(21)18-8-7-17-14-19-11-6-5-10(13(20)22-4)9-12(11)24-14/h5-6,9H,7-8H2,1-4H3,(H,17,19)(H,18,21). The van der Waals surface area contributed by atoms with Gasteiger partial charge in [0.25, 0.3) is 0 Å². The summed E-state index contributed by atoms with van der Waals surface area (Å²) in [6, 6.07) is 5.22. The van der Waals surface area contributed by atoms with Crippen molar-refractivity contribution in [3.63, 3.8) is 0 Å². The Labute approximate surface area is 144 Å². The van der Waals surface area contributed by atoms with Gasteiger partial charge in [0, 0.05) is 13.1 Å². The summed E-state index contributed by atoms with van der Waals surface area (Å²) in [7, 11) is 1.35. The first-order valence-electron chi connectivity index (χ1n) is 7.48. The molecule has 1 aromatic heterocycles. The minimum atomic E-state index is -0.512. The predicted molar refractivity (Wildman–Crippen MR) is 93.7 cm³/mol. The van der Waals surface area contributed by atoms with Crippen molar-refractivity contribution in [3.05, 3.63) is 23.8 Å². The number of methoxy groups -OCH3 is 1. The third kappa shape index (κ3) is 5.09. The number of nitrogens with one attached hydrogen (secondary N) is 2. The van der Waals surface area contributed by atoms with E-state index in [1.165, 1.54) is 18.4 Å². The van der Waals surface area contributed by atoms with E-state index in [1.54, 1.807) is 18.2 Å². The Morgan fingerprint density at radius 2 is 2.00 bits per heavy atom. The molecule has 0 saturated carbocycles. The van der Waals surface area contributed by atoms with Crippen LogP contribution in [0.25, 0.3) is 10.2 Å². The Balaban J connectivity index is 1.87. The monoisotopic (exact) mass is 351 g/mol. The molecule has 0 atom stereocenters. The van der Waals surface area contributed by atoms with Gasteiger partial charge in [0.05, 0.1) is 22.9 Å². The molecule has 0 radical (unpaired) electrons. The van der Waals surface area contributed by atoms with Gasteiger partial charge in [-0.3, -0.25) is 0 Å². The molecule has 2 aromatic rings. The number of alkyl carbamates (subject to hydrolysis) is 1. The van der Waals surface area contributed by atoms with Gasteiger partial charge >= 0.3 is 12.1 Å². The fourth-order valence-corrected chi connectivity index (χ4v) is 2.82. The number of aromatic nitrogens is 1. The van der Waals surface area contributed by atoms with Crippen molar-refractivity contribution < 1.29 is 19.1 Å². The number of ether oxygens (including phenoxy) is 2. The van der Waals surface area contributed by atoms with Crippen LogP contribution in [0.3, 0.4) is 0 Å². The number of fused-ring (bicyclic) bond motifs is 1. The number of thiazole rings is 1. The summed E-state index contributed by atoms with van der Waals surface area (Å²) in [6.45, 7) is 6.37. The molecule has 0 unspecified atom stereocenters. The number of benzene rings is 1. The number of carbonyl (C=O) groups excluding carboxylic acids is 2. The van der Waals surface area contributed by atoms with Gasteiger partial charge in [0.15, 0.2) is 5.13 Å². The molecular formula is C16H21N3O4S. The molecule has 7 nitrogen and oxygen atoms in total. The van der Waals surface area contributed by atoms with Crippen LogP contribution in [0.4, 0.5) is 9.93 Å². The molecule has 1 aromatic carbocycles. The van der Waals surface area contributed by atoms with Crippen molar-refractivity contribution in [3.8, 4) is 0 Å². The quantitative estimate of drug-likeness (QED) is 0.636. The zero-order chi connectivity index (χ0) is 17.7. The van der Waals surface area contributed by atoms with Crippen LogP contribution in [0.15, 0.2) is 18.2 Å². The number of carbonyl (C=O) groups is 2. The van der Waals surface area contributed by atoms with Crippen LogP contribution in [-0.2, 0) is 9.47 Å². The van der Waals surface area contributed by atoms with E-state index in [9.17, 15) is 9.59 Å². The van der Waals surface area contributed by atoms with Gasteiger partial charge in [-0.15, -0.1) is 0 Å². The largest absolute Gasteiger partial charge is 0.465 e. The molecule has 1 amide bonds. The third-order valence-electron chi connectivity index (χ3n) is 2.88. The first-order valence-corrected chi connectivity index (χ1v) is 8.30. The van der Waals surface area contributed by atoms with Crippen LogP contribution in [-0.4, -0.2) is 42.8 Å². The first kappa shape index (κ1) is 18.0. The van der Waals surface area contributed by atoms with Crippen LogP contribution >= 0.6 is 11.3 Å². The van der Waals surface area contributed by atoms with E-state index in [0.717, 1.165) is 15.3 Å². The Hall–Kier alpha value is -2.35. The molecule has 2 N–H and O–H groups in total. The lowest BCUT2D eigenvalue weighted by Crippen LogP contribution is -2.34. The van der Waals surface area contributed by atoms with Gasteiger partial charge < -0.3 is 20.1 Å². The highest BCUT2D eigenvalue weighted by Crippen LogP contribution is 2.26. The highest BCUT2D eigenvalue weighted by Gasteiger charge is 2.15. The molecule has 130 valence electrons. The van der Waals surface area contributed by atoms with Crippen molar-refractivity contribution >= 4 is 38.7 Å². The second kappa shape index (κ2) is 7.48. The van der Waals surface area contributed by atoms with E-state index < -0.39 is 11.7 Å². The van der Waals surface area contributed by atoms with Crippen LogP contribution < -0.4 is 10.6 Å². The number of nitrogens with zero attached hydrogens (tertiary/aromatic N) is 1. The second-order valence-corrected chi connectivity index (χ2v) is 7.08. The maximum Gasteiger partial charge on any atom is 0.407 e. The summed E-state index contributed by atoms with van der Waals surface area (Å²) in [4.78, 5) is 27.5. The van der Waals surface area contributed by atoms with E-state index >= 15 is 0 Å². The smallest absolute Gasteiger partial charge is 0.407 e. The molecule has 2 rings (SSSR count). The van der Waals surface area contributed by atoms with Gasteiger partial charge in [-0.1, -0.05) is 11.3 Å². The summed E-state index contributed by atoms with van der Waals surface area (Å²) in [5.41, 5.74) is 0.782. The van der Waals surface area contributed by atoms with E-state index in [4.69, 9.17) is 9.47 Å². The molecule has 0 aliphatic rings. The van der Waals surface area contributed by atoms with E-state index in [-0.39, 0.29) is 5.97 Å². The molecule has 0 saturated heterocycles. The highest BCUT2D eigenvalue weighted by molar-refractivity contribution is 7.22. The molecule has 0 aliphatic carbocycles. The van der Waals surface area contributed by atoms with Crippen LogP contribution in [0.5, 0.6) is 0 Å². The molecular weight excluding hydrogens is 330 g/mol. The predicted octanol–water partition coefficient (Wildman–Crippen LogP) is 3.02. The Bertz CT molecular complexity index is 736. The molecule has 0 fully saturated rings. The average molecular weight is 351 g/mol. The summed E-state index contributed by atoms with van der Waals surface area (Å²) in [5.74, 6) is -0.374. The van der Waals surface area contributed by atoms with Gasteiger partial charge in [-0.05, 0) is 39.0 Å². The third-order valence-corrected chi connectivity index (χ3v) is 3.85. The maximum atomic E-state index is 11.5. The fraction of sp³-hybridized carbons (Fsp3) is 0.438. The Morgan fingerprint density at radius 1 is 1.25 bits per heavy atom. The SMILES string of the molecule is COC(=O)c1ccc2nc(NCCNC(=O)OC(C)(C)C)sc2c1. The molecule has 0 spiro atoms. The lowest BCUT2D eigenvalue weighted by molar-refractivity contribution is 0.0528. The van der Waals surface area contributed by atoms with Gasteiger partial charge in [0.2, 0.25) is 0 Å². The molecule has 8 heteroatoms. The maximum absolute atomic E-state index is 11.5. The highest BCUT2D eigenvalue weighted by atomic mass is 32.1. The van der Waals surface area contributed by atoms with Crippen molar-refractivity contribution in [2.45, 2.75) is 26.4 Å². The topological polar surface area (TPSA) is 89.5 Å². The minimum Gasteiger partial charge on any atom is -0.465 e. The zero-order valence-corrected chi connectivity index (χ0v) is 15.0. The number of hydrogen-bond donors (Lipinski definition) is 2. The van der Waals surface area contributed by atoms with Crippen molar-refractivity contribution in [1.82, 2.24) is 10.3 Å². The number of rotatable bonds is 5. The first-order chi connectivity index (χ1) is 11.3. The van der Waals surface area contributed by atoms with Crippen molar-refractivity contribution in [1.29, 1.82) is 0 Å². The summed E-state index contributed by atoms with van der Waals surface area (Å²) in [5, 5.41) is 6.52. The lowest BCUT2D eigenvalue weighted by atomic mass is 10.2. The Kier molecular flexibility index (Phi) is 5.61. The summed E-state index contributed by atoms with van der Waals surface area (Å²) >= 11 is 1.43. The van der Waals surface area contributed by atoms with Crippen LogP contribution in [0.1, 0.15) is 31.1 Å². The normalized spacial score (nSPS) is 11.2. The van der Waals surface area contributed by atoms with Crippen LogP contribution in [0.2, 0.25) is 0 Å². The lowest BCUT2D eigenvalue weighted by Gasteiger charge is -2.19. The fourth-order valence-electron chi connectivity index (χ4n) is 1.89. The van der Waals surface area contributed by atoms with Crippen molar-refractivity contribution in [2.75, 3.05) is 25.5 Å². The number of amides is 1. The van der Waals surface area contributed by atoms with Gasteiger partial charge in [0.1, 0.15) is 5.60 Å². The molecule has 24 heavy (non-hydrogen) atoms. The Morgan fingerprint density at radius 3 is 2.67 bits per heavy atom. The van der Waals surface area contributed by atoms with E-state index in [0.29, 0.717) is 18.7 Å². The molecule has 0 aliphatic heterocycles.